The summed E-state index contributed by atoms with van der Waals surface area (Å²) in [5.41, 5.74) is 0.889. The molecule has 0 aliphatic heterocycles. The first-order chi connectivity index (χ1) is 1.89. The van der Waals surface area contributed by atoms with Crippen molar-refractivity contribution >= 4 is 10.2 Å². The van der Waals surface area contributed by atoms with Crippen LogP contribution in [0.25, 0.3) is 0 Å². The summed E-state index contributed by atoms with van der Waals surface area (Å²) in [6, 6.07) is 0. The van der Waals surface area contributed by atoms with Gasteiger partial charge in [-0.1, -0.05) is 18.4 Å². The molecule has 0 bridgehead atoms. The maximum atomic E-state index is 3.42. The third kappa shape index (κ3) is 0.317. The average Bonchev–Trinajstić information content (AvgIpc) is 1.75. The fourth-order valence-corrected chi connectivity index (χ4v) is 0.250. The second-order valence-electron chi connectivity index (χ2n) is 1.27. The molecule has 0 heterocycles. The van der Waals surface area contributed by atoms with Gasteiger partial charge in [-0.05, 0) is 0 Å². The zero-order valence-electron chi connectivity index (χ0n) is 2.49. The van der Waals surface area contributed by atoms with Gasteiger partial charge in [0, 0.05) is 10.2 Å². The molecule has 4 heavy (non-hydrogen) atoms. The van der Waals surface area contributed by atoms with Gasteiger partial charge in [-0.3, -0.25) is 0 Å². The van der Waals surface area contributed by atoms with Crippen LogP contribution in [-0.2, 0) is 0 Å². The summed E-state index contributed by atoms with van der Waals surface area (Å²) in [6.07, 6.45) is 2.80. The van der Waals surface area contributed by atoms with Crippen LogP contribution in [0.15, 0.2) is 0 Å². The van der Waals surface area contributed by atoms with E-state index in [-0.39, 0.29) is 0 Å². The van der Waals surface area contributed by atoms with Gasteiger partial charge >= 0.3 is 0 Å². The topological polar surface area (TPSA) is 0 Å². The SMILES string of the molecule is [Si]C1CC1. The summed E-state index contributed by atoms with van der Waals surface area (Å²) in [7, 11) is 3.42. The molecule has 0 unspecified atom stereocenters. The maximum absolute atomic E-state index is 3.42. The van der Waals surface area contributed by atoms with Gasteiger partial charge in [-0.25, -0.2) is 0 Å². The van der Waals surface area contributed by atoms with Crippen molar-refractivity contribution in [2.75, 3.05) is 0 Å². The molecule has 1 aliphatic carbocycles. The molecule has 21 valence electrons. The lowest BCUT2D eigenvalue weighted by Crippen LogP contribution is -1.47. The minimum absolute atomic E-state index is 0.889. The van der Waals surface area contributed by atoms with E-state index in [1.165, 1.54) is 12.8 Å². The first kappa shape index (κ1) is 2.45. The summed E-state index contributed by atoms with van der Waals surface area (Å²) in [6.45, 7) is 0. The Morgan fingerprint density at radius 2 is 1.75 bits per heavy atom. The van der Waals surface area contributed by atoms with E-state index in [0.717, 1.165) is 5.54 Å². The Labute approximate surface area is 29.6 Å². The molecule has 0 aromatic heterocycles. The Morgan fingerprint density at radius 1 is 1.50 bits per heavy atom. The van der Waals surface area contributed by atoms with Gasteiger partial charge in [0.1, 0.15) is 0 Å². The van der Waals surface area contributed by atoms with Crippen LogP contribution in [0.1, 0.15) is 12.8 Å². The number of hydrogen-bond acceptors (Lipinski definition) is 0. The molecule has 0 spiro atoms. The van der Waals surface area contributed by atoms with Gasteiger partial charge in [0.2, 0.25) is 0 Å². The first-order valence-electron chi connectivity index (χ1n) is 1.61. The molecule has 0 atom stereocenters. The number of hydrogen-bond donors (Lipinski definition) is 0. The van der Waals surface area contributed by atoms with E-state index in [1.807, 2.05) is 0 Å². The molecule has 1 aliphatic rings. The molecular weight excluding hydrogens is 64.1 g/mol. The number of rotatable bonds is 0. The molecule has 1 fully saturated rings. The molecule has 3 radical (unpaired) electrons. The fraction of sp³-hybridized carbons (Fsp3) is 1.00. The van der Waals surface area contributed by atoms with Crippen LogP contribution in [0.2, 0.25) is 5.54 Å². The third-order valence-electron chi connectivity index (χ3n) is 0.577. The van der Waals surface area contributed by atoms with Crippen molar-refractivity contribution in [3.8, 4) is 0 Å². The van der Waals surface area contributed by atoms with Crippen molar-refractivity contribution in [2.24, 2.45) is 0 Å². The van der Waals surface area contributed by atoms with Crippen molar-refractivity contribution in [1.82, 2.24) is 0 Å². The van der Waals surface area contributed by atoms with Crippen molar-refractivity contribution in [3.05, 3.63) is 0 Å². The average molecular weight is 69.2 g/mol. The molecule has 1 saturated carbocycles. The summed E-state index contributed by atoms with van der Waals surface area (Å²) in [4.78, 5) is 0. The Morgan fingerprint density at radius 3 is 1.75 bits per heavy atom. The van der Waals surface area contributed by atoms with E-state index in [2.05, 4.69) is 10.2 Å². The molecule has 1 rings (SSSR count). The van der Waals surface area contributed by atoms with E-state index in [1.54, 1.807) is 0 Å². The third-order valence-corrected chi connectivity index (χ3v) is 1.15. The molecule has 0 aromatic carbocycles. The van der Waals surface area contributed by atoms with E-state index >= 15 is 0 Å². The standard InChI is InChI=1S/C3H5Si/c4-3-1-2-3/h3H,1-2H2. The summed E-state index contributed by atoms with van der Waals surface area (Å²) in [5.74, 6) is 0. The second kappa shape index (κ2) is 0.581. The van der Waals surface area contributed by atoms with Crippen molar-refractivity contribution in [3.63, 3.8) is 0 Å². The van der Waals surface area contributed by atoms with Crippen molar-refractivity contribution in [2.45, 2.75) is 18.4 Å². The molecule has 0 aromatic rings. The molecular formula is C3H5Si. The van der Waals surface area contributed by atoms with Gasteiger partial charge in [-0.15, -0.1) is 0 Å². The molecule has 1 heteroatoms. The predicted molar refractivity (Wildman–Crippen MR) is 18.7 cm³/mol. The summed E-state index contributed by atoms with van der Waals surface area (Å²) < 4.78 is 0. The van der Waals surface area contributed by atoms with E-state index in [9.17, 15) is 0 Å². The van der Waals surface area contributed by atoms with Gasteiger partial charge in [0.05, 0.1) is 0 Å². The zero-order valence-corrected chi connectivity index (χ0v) is 3.49. The Kier molecular flexibility index (Phi) is 0.356. The Bertz CT molecular complexity index is 22.5. The van der Waals surface area contributed by atoms with Gasteiger partial charge < -0.3 is 0 Å². The molecule has 0 amide bonds. The Hall–Kier alpha value is 0.217. The lowest BCUT2D eigenvalue weighted by atomic mass is 11.0. The van der Waals surface area contributed by atoms with Crippen molar-refractivity contribution in [1.29, 1.82) is 0 Å². The minimum Gasteiger partial charge on any atom is -0.0536 e. The lowest BCUT2D eigenvalue weighted by molar-refractivity contribution is 1.47. The first-order valence-corrected chi connectivity index (χ1v) is 2.18. The van der Waals surface area contributed by atoms with Crippen LogP contribution in [0.5, 0.6) is 0 Å². The highest BCUT2D eigenvalue weighted by atomic mass is 28.1. The fourth-order valence-electron chi connectivity index (χ4n) is 0.0833. The van der Waals surface area contributed by atoms with Crippen LogP contribution in [0.3, 0.4) is 0 Å². The highest BCUT2D eigenvalue weighted by Crippen LogP contribution is 2.31. The highest BCUT2D eigenvalue weighted by Gasteiger charge is 2.12. The summed E-state index contributed by atoms with van der Waals surface area (Å²) >= 11 is 0. The van der Waals surface area contributed by atoms with Gasteiger partial charge in [0.15, 0.2) is 0 Å². The molecule has 0 nitrogen and oxygen atoms in total. The lowest BCUT2D eigenvalue weighted by Gasteiger charge is -1.51. The smallest absolute Gasteiger partial charge is 0.0266 e. The second-order valence-corrected chi connectivity index (χ2v) is 2.09. The Balaban J connectivity index is 2.17. The van der Waals surface area contributed by atoms with Crippen LogP contribution in [0.4, 0.5) is 0 Å². The highest BCUT2D eigenvalue weighted by molar-refractivity contribution is 6.13. The van der Waals surface area contributed by atoms with E-state index in [0.29, 0.717) is 0 Å². The van der Waals surface area contributed by atoms with E-state index in [4.69, 9.17) is 0 Å². The monoisotopic (exact) mass is 69.0 g/mol. The van der Waals surface area contributed by atoms with Crippen LogP contribution in [0, 0.1) is 0 Å². The minimum atomic E-state index is 0.889. The zero-order chi connectivity index (χ0) is 2.99. The van der Waals surface area contributed by atoms with Gasteiger partial charge in [0.25, 0.3) is 0 Å². The molecule has 0 saturated heterocycles. The van der Waals surface area contributed by atoms with Crippen LogP contribution >= 0.6 is 0 Å². The van der Waals surface area contributed by atoms with Crippen LogP contribution < -0.4 is 0 Å². The maximum Gasteiger partial charge on any atom is 0.0266 e. The van der Waals surface area contributed by atoms with Crippen molar-refractivity contribution < 1.29 is 0 Å². The van der Waals surface area contributed by atoms with Crippen LogP contribution in [-0.4, -0.2) is 10.2 Å². The quantitative estimate of drug-likeness (QED) is 0.368. The molecule has 0 N–H and O–H groups in total. The summed E-state index contributed by atoms with van der Waals surface area (Å²) in [5, 5.41) is 0. The predicted octanol–water partition coefficient (Wildman–Crippen LogP) is 0.737. The largest absolute Gasteiger partial charge is 0.0536 e. The normalized spacial score (nSPS) is 26.2. The van der Waals surface area contributed by atoms with Gasteiger partial charge in [-0.2, -0.15) is 0 Å². The van der Waals surface area contributed by atoms with E-state index < -0.39 is 0 Å².